The molecule has 4 nitrogen and oxygen atoms in total. The van der Waals surface area contributed by atoms with Gasteiger partial charge in [-0.1, -0.05) is 133 Å². The molecule has 1 unspecified atom stereocenters. The summed E-state index contributed by atoms with van der Waals surface area (Å²) >= 11 is 0. The number of carbonyl (C=O) groups excluding carboxylic acids is 1. The lowest BCUT2D eigenvalue weighted by Crippen LogP contribution is -2.17. The Kier molecular flexibility index (Phi) is 31.7. The van der Waals surface area contributed by atoms with Crippen molar-refractivity contribution in [3.05, 3.63) is 48.6 Å². The fraction of sp³-hybridized carbons (Fsp3) is 0.737. The minimum atomic E-state index is -0.681. The summed E-state index contributed by atoms with van der Waals surface area (Å²) in [5, 5.41) is 8.65. The Labute approximate surface area is 260 Å². The van der Waals surface area contributed by atoms with Crippen molar-refractivity contribution in [3.63, 3.8) is 0 Å². The van der Waals surface area contributed by atoms with E-state index in [2.05, 4.69) is 62.5 Å². The van der Waals surface area contributed by atoms with E-state index in [4.69, 9.17) is 9.84 Å². The minimum absolute atomic E-state index is 0.0251. The Morgan fingerprint density at radius 3 is 1.48 bits per heavy atom. The summed E-state index contributed by atoms with van der Waals surface area (Å²) in [4.78, 5) is 22.7. The Morgan fingerprint density at radius 2 is 0.976 bits per heavy atom. The first-order valence-electron chi connectivity index (χ1n) is 17.6. The van der Waals surface area contributed by atoms with Crippen LogP contribution in [0.15, 0.2) is 48.6 Å². The smallest absolute Gasteiger partial charge is 0.306 e. The number of carboxylic acid groups (broad SMARTS) is 1. The Hall–Kier alpha value is -2.10. The van der Waals surface area contributed by atoms with Gasteiger partial charge in [0.15, 0.2) is 0 Å². The first-order valence-corrected chi connectivity index (χ1v) is 17.6. The highest BCUT2D eigenvalue weighted by atomic mass is 16.5. The van der Waals surface area contributed by atoms with Crippen LogP contribution in [0.25, 0.3) is 0 Å². The Balaban J connectivity index is 3.57. The van der Waals surface area contributed by atoms with Gasteiger partial charge < -0.3 is 9.84 Å². The lowest BCUT2D eigenvalue weighted by atomic mass is 10.0. The van der Waals surface area contributed by atoms with Crippen LogP contribution in [-0.4, -0.2) is 23.1 Å². The number of esters is 1. The third kappa shape index (κ3) is 32.4. The van der Waals surface area contributed by atoms with Gasteiger partial charge in [-0.25, -0.2) is 0 Å². The van der Waals surface area contributed by atoms with Gasteiger partial charge in [0.2, 0.25) is 0 Å². The predicted molar refractivity (Wildman–Crippen MR) is 181 cm³/mol. The van der Waals surface area contributed by atoms with Gasteiger partial charge in [0.1, 0.15) is 6.10 Å². The molecule has 4 heteroatoms. The average molecular weight is 587 g/mol. The number of carboxylic acids is 1. The van der Waals surface area contributed by atoms with Crippen LogP contribution in [0.4, 0.5) is 0 Å². The molecule has 0 spiro atoms. The molecule has 0 aromatic carbocycles. The van der Waals surface area contributed by atoms with Crippen molar-refractivity contribution in [2.45, 2.75) is 180 Å². The number of ether oxygens (including phenoxy) is 1. The maximum absolute atomic E-state index is 12.2. The molecule has 42 heavy (non-hydrogen) atoms. The fourth-order valence-corrected chi connectivity index (χ4v) is 4.92. The molecule has 0 aromatic rings. The number of aliphatic carboxylic acids is 1. The molecule has 1 atom stereocenters. The van der Waals surface area contributed by atoms with Crippen molar-refractivity contribution in [2.75, 3.05) is 0 Å². The number of unbranched alkanes of at least 4 members (excludes halogenated alkanes) is 15. The predicted octanol–water partition coefficient (Wildman–Crippen LogP) is 12.0. The van der Waals surface area contributed by atoms with Crippen molar-refractivity contribution in [3.8, 4) is 0 Å². The van der Waals surface area contributed by atoms with Gasteiger partial charge in [-0.2, -0.15) is 0 Å². The van der Waals surface area contributed by atoms with Gasteiger partial charge in [-0.15, -0.1) is 0 Å². The van der Waals surface area contributed by atoms with Crippen molar-refractivity contribution >= 4 is 11.9 Å². The average Bonchev–Trinajstić information content (AvgIpc) is 2.98. The molecule has 1 N–H and O–H groups in total. The molecule has 0 amide bonds. The summed E-state index contributed by atoms with van der Waals surface area (Å²) in [6, 6.07) is 0. The molecule has 0 bridgehead atoms. The second-order valence-corrected chi connectivity index (χ2v) is 11.7. The van der Waals surface area contributed by atoms with Crippen LogP contribution in [0.1, 0.15) is 174 Å². The molecule has 0 heterocycles. The monoisotopic (exact) mass is 586 g/mol. The highest BCUT2D eigenvalue weighted by molar-refractivity contribution is 5.69. The van der Waals surface area contributed by atoms with Gasteiger partial charge in [-0.05, 0) is 77.0 Å². The van der Waals surface area contributed by atoms with E-state index in [1.54, 1.807) is 0 Å². The molecule has 0 saturated heterocycles. The largest absolute Gasteiger partial charge is 0.481 e. The molecule has 0 aliphatic rings. The zero-order valence-electron chi connectivity index (χ0n) is 27.5. The molecule has 0 aliphatic heterocycles. The summed E-state index contributed by atoms with van der Waals surface area (Å²) in [5.74, 6) is -0.706. The molecule has 0 rings (SSSR count). The third-order valence-corrected chi connectivity index (χ3v) is 7.63. The van der Waals surface area contributed by atoms with Crippen molar-refractivity contribution in [2.24, 2.45) is 0 Å². The van der Waals surface area contributed by atoms with Gasteiger partial charge >= 0.3 is 11.9 Å². The fourth-order valence-electron chi connectivity index (χ4n) is 4.92. The van der Waals surface area contributed by atoms with Crippen LogP contribution >= 0.6 is 0 Å². The van der Waals surface area contributed by atoms with Gasteiger partial charge in [-0.3, -0.25) is 9.59 Å². The van der Waals surface area contributed by atoms with Crippen LogP contribution in [0.3, 0.4) is 0 Å². The zero-order valence-corrected chi connectivity index (χ0v) is 27.5. The van der Waals surface area contributed by atoms with Crippen LogP contribution in [0, 0.1) is 0 Å². The Morgan fingerprint density at radius 1 is 0.548 bits per heavy atom. The van der Waals surface area contributed by atoms with Crippen molar-refractivity contribution in [1.82, 2.24) is 0 Å². The van der Waals surface area contributed by atoms with E-state index in [9.17, 15) is 9.59 Å². The van der Waals surface area contributed by atoms with Crippen molar-refractivity contribution in [1.29, 1.82) is 0 Å². The van der Waals surface area contributed by atoms with Crippen LogP contribution < -0.4 is 0 Å². The SMILES string of the molecule is CCCCC/C=C\C/C=C\C/C=C\C/C=C\CCCCCC(=O)OC(CC)CCCCCCCCCCCCC(=O)O. The lowest BCUT2D eigenvalue weighted by molar-refractivity contribution is -0.149. The second kappa shape index (κ2) is 33.4. The standard InChI is InChI=1S/C38H66O4/c1-3-5-6-7-8-9-10-11-12-13-14-15-16-17-18-23-26-29-32-35-38(41)42-36(4-2)33-30-27-24-21-19-20-22-25-28-31-34-37(39)40/h8-9,11-12,14-15,17-18,36H,3-7,10,13,16,19-35H2,1-2H3,(H,39,40)/b9-8-,12-11-,15-14-,18-17-. The number of allylic oxidation sites excluding steroid dienone is 8. The number of hydrogen-bond donors (Lipinski definition) is 1. The summed E-state index contributed by atoms with van der Waals surface area (Å²) < 4.78 is 5.74. The molecular weight excluding hydrogens is 520 g/mol. The van der Waals surface area contributed by atoms with Gasteiger partial charge in [0.05, 0.1) is 0 Å². The van der Waals surface area contributed by atoms with E-state index in [0.29, 0.717) is 12.8 Å². The molecule has 0 radical (unpaired) electrons. The number of carbonyl (C=O) groups is 2. The highest BCUT2D eigenvalue weighted by Crippen LogP contribution is 2.16. The van der Waals surface area contributed by atoms with Crippen LogP contribution in [-0.2, 0) is 14.3 Å². The van der Waals surface area contributed by atoms with E-state index < -0.39 is 5.97 Å². The van der Waals surface area contributed by atoms with Gasteiger partial charge in [0.25, 0.3) is 0 Å². The van der Waals surface area contributed by atoms with Crippen LogP contribution in [0.2, 0.25) is 0 Å². The topological polar surface area (TPSA) is 63.6 Å². The summed E-state index contributed by atoms with van der Waals surface area (Å²) in [6.45, 7) is 4.36. The molecule has 242 valence electrons. The number of hydrogen-bond acceptors (Lipinski definition) is 3. The summed E-state index contributed by atoms with van der Waals surface area (Å²) in [7, 11) is 0. The summed E-state index contributed by atoms with van der Waals surface area (Å²) in [5.41, 5.74) is 0. The quantitative estimate of drug-likeness (QED) is 0.0498. The molecule has 0 aromatic heterocycles. The van der Waals surface area contributed by atoms with E-state index in [-0.39, 0.29) is 12.1 Å². The number of rotatable bonds is 31. The third-order valence-electron chi connectivity index (χ3n) is 7.63. The Bertz CT molecular complexity index is 719. The molecular formula is C38H66O4. The van der Waals surface area contributed by atoms with E-state index >= 15 is 0 Å². The van der Waals surface area contributed by atoms with E-state index in [1.807, 2.05) is 0 Å². The first-order chi connectivity index (χ1) is 20.6. The minimum Gasteiger partial charge on any atom is -0.481 e. The highest BCUT2D eigenvalue weighted by Gasteiger charge is 2.12. The zero-order chi connectivity index (χ0) is 30.8. The second-order valence-electron chi connectivity index (χ2n) is 11.7. The molecule has 0 saturated carbocycles. The maximum Gasteiger partial charge on any atom is 0.306 e. The molecule has 0 aliphatic carbocycles. The van der Waals surface area contributed by atoms with Crippen LogP contribution in [0.5, 0.6) is 0 Å². The van der Waals surface area contributed by atoms with E-state index in [0.717, 1.165) is 83.5 Å². The molecule has 0 fully saturated rings. The summed E-state index contributed by atoms with van der Waals surface area (Å²) in [6.07, 6.45) is 44.9. The lowest BCUT2D eigenvalue weighted by Gasteiger charge is -2.16. The van der Waals surface area contributed by atoms with Gasteiger partial charge in [0, 0.05) is 12.8 Å². The maximum atomic E-state index is 12.2. The van der Waals surface area contributed by atoms with E-state index in [1.165, 1.54) is 64.2 Å². The van der Waals surface area contributed by atoms with Crippen molar-refractivity contribution < 1.29 is 19.4 Å². The normalized spacial score (nSPS) is 12.8. The first kappa shape index (κ1) is 39.9.